The summed E-state index contributed by atoms with van der Waals surface area (Å²) in [6, 6.07) is 3.98. The first kappa shape index (κ1) is 12.8. The van der Waals surface area contributed by atoms with Crippen LogP contribution in [-0.4, -0.2) is 16.3 Å². The van der Waals surface area contributed by atoms with Crippen molar-refractivity contribution in [1.82, 2.24) is 4.98 Å². The number of aromatic nitrogens is 1. The lowest BCUT2D eigenvalue weighted by Gasteiger charge is -2.01. The van der Waals surface area contributed by atoms with Crippen LogP contribution in [0.3, 0.4) is 0 Å². The lowest BCUT2D eigenvalue weighted by atomic mass is 10.2. The third-order valence-electron chi connectivity index (χ3n) is 2.26. The predicted octanol–water partition coefficient (Wildman–Crippen LogP) is 3.93. The highest BCUT2D eigenvalue weighted by atomic mass is 79.9. The maximum absolute atomic E-state index is 11.4. The quantitative estimate of drug-likeness (QED) is 0.846. The Labute approximate surface area is 116 Å². The Hall–Kier alpha value is -0.650. The SMILES string of the molecule is Cc1cc2sc(NC(=O)[C@@H](C)Cl)nc2cc1Br. The zero-order valence-corrected chi connectivity index (χ0v) is 12.4. The van der Waals surface area contributed by atoms with Crippen LogP contribution in [0.25, 0.3) is 10.2 Å². The number of hydrogen-bond donors (Lipinski definition) is 1. The number of aryl methyl sites for hydroxylation is 1. The number of hydrogen-bond acceptors (Lipinski definition) is 3. The van der Waals surface area contributed by atoms with Crippen molar-refractivity contribution >= 4 is 60.1 Å². The summed E-state index contributed by atoms with van der Waals surface area (Å²) in [6.07, 6.45) is 0. The van der Waals surface area contributed by atoms with Crippen molar-refractivity contribution in [1.29, 1.82) is 0 Å². The van der Waals surface area contributed by atoms with E-state index >= 15 is 0 Å². The Morgan fingerprint density at radius 2 is 2.29 bits per heavy atom. The van der Waals surface area contributed by atoms with Crippen molar-refractivity contribution in [3.8, 4) is 0 Å². The van der Waals surface area contributed by atoms with Gasteiger partial charge in [0.2, 0.25) is 5.91 Å². The number of rotatable bonds is 2. The van der Waals surface area contributed by atoms with Gasteiger partial charge in [-0.25, -0.2) is 4.98 Å². The monoisotopic (exact) mass is 332 g/mol. The maximum Gasteiger partial charge on any atom is 0.243 e. The molecule has 17 heavy (non-hydrogen) atoms. The first-order chi connectivity index (χ1) is 7.97. The van der Waals surface area contributed by atoms with Crippen LogP contribution in [0.1, 0.15) is 12.5 Å². The summed E-state index contributed by atoms with van der Waals surface area (Å²) >= 11 is 10.6. The Bertz CT molecular complexity index is 543. The fourth-order valence-corrected chi connectivity index (χ4v) is 2.64. The first-order valence-corrected chi connectivity index (χ1v) is 7.03. The van der Waals surface area contributed by atoms with E-state index in [0.717, 1.165) is 20.3 Å². The molecule has 0 spiro atoms. The minimum Gasteiger partial charge on any atom is -0.301 e. The molecule has 6 heteroatoms. The molecule has 0 aliphatic heterocycles. The van der Waals surface area contributed by atoms with Gasteiger partial charge in [-0.15, -0.1) is 11.6 Å². The number of benzene rings is 1. The van der Waals surface area contributed by atoms with Gasteiger partial charge < -0.3 is 5.32 Å². The fraction of sp³-hybridized carbons (Fsp3) is 0.273. The third kappa shape index (κ3) is 2.78. The first-order valence-electron chi connectivity index (χ1n) is 4.99. The van der Waals surface area contributed by atoms with Crippen molar-refractivity contribution in [3.05, 3.63) is 22.2 Å². The zero-order chi connectivity index (χ0) is 12.6. The highest BCUT2D eigenvalue weighted by Crippen LogP contribution is 2.30. The Kier molecular flexibility index (Phi) is 3.70. The number of fused-ring (bicyclic) bond motifs is 1. The lowest BCUT2D eigenvalue weighted by molar-refractivity contribution is -0.115. The lowest BCUT2D eigenvalue weighted by Crippen LogP contribution is -2.19. The summed E-state index contributed by atoms with van der Waals surface area (Å²) in [5, 5.41) is 2.71. The van der Waals surface area contributed by atoms with Gasteiger partial charge in [0.05, 0.1) is 10.2 Å². The van der Waals surface area contributed by atoms with Crippen LogP contribution >= 0.6 is 38.9 Å². The summed E-state index contributed by atoms with van der Waals surface area (Å²) < 4.78 is 2.06. The van der Waals surface area contributed by atoms with Crippen molar-refractivity contribution in [2.45, 2.75) is 19.2 Å². The average Bonchev–Trinajstić information content (AvgIpc) is 2.60. The summed E-state index contributed by atoms with van der Waals surface area (Å²) in [7, 11) is 0. The number of alkyl halides is 1. The van der Waals surface area contributed by atoms with E-state index in [0.29, 0.717) is 5.13 Å². The molecule has 2 rings (SSSR count). The van der Waals surface area contributed by atoms with E-state index in [9.17, 15) is 4.79 Å². The summed E-state index contributed by atoms with van der Waals surface area (Å²) in [4.78, 5) is 15.8. The molecule has 1 amide bonds. The second-order valence-corrected chi connectivity index (χ2v) is 6.23. The van der Waals surface area contributed by atoms with E-state index in [-0.39, 0.29) is 5.91 Å². The van der Waals surface area contributed by atoms with Gasteiger partial charge in [-0.1, -0.05) is 27.3 Å². The summed E-state index contributed by atoms with van der Waals surface area (Å²) in [6.45, 7) is 3.65. The molecule has 0 saturated carbocycles. The molecule has 0 aliphatic rings. The van der Waals surface area contributed by atoms with E-state index in [4.69, 9.17) is 11.6 Å². The maximum atomic E-state index is 11.4. The number of nitrogens with zero attached hydrogens (tertiary/aromatic N) is 1. The minimum absolute atomic E-state index is 0.235. The second-order valence-electron chi connectivity index (χ2n) is 3.69. The second kappa shape index (κ2) is 4.92. The molecule has 0 aliphatic carbocycles. The number of halogens is 2. The molecule has 0 radical (unpaired) electrons. The molecule has 0 saturated heterocycles. The molecule has 90 valence electrons. The number of anilines is 1. The molecule has 1 heterocycles. The van der Waals surface area contributed by atoms with Gasteiger partial charge in [0, 0.05) is 4.47 Å². The van der Waals surface area contributed by atoms with Gasteiger partial charge in [-0.3, -0.25) is 4.79 Å². The largest absolute Gasteiger partial charge is 0.301 e. The van der Waals surface area contributed by atoms with Crippen LogP contribution in [0.15, 0.2) is 16.6 Å². The van der Waals surface area contributed by atoms with Crippen LogP contribution in [0.4, 0.5) is 5.13 Å². The van der Waals surface area contributed by atoms with E-state index in [1.165, 1.54) is 11.3 Å². The Morgan fingerprint density at radius 1 is 1.59 bits per heavy atom. The van der Waals surface area contributed by atoms with Crippen molar-refractivity contribution in [2.24, 2.45) is 0 Å². The molecule has 3 nitrogen and oxygen atoms in total. The topological polar surface area (TPSA) is 42.0 Å². The molecule has 0 fully saturated rings. The molecule has 0 unspecified atom stereocenters. The molecular formula is C11H10BrClN2OS. The predicted molar refractivity (Wildman–Crippen MR) is 76.0 cm³/mol. The Morgan fingerprint density at radius 3 is 2.94 bits per heavy atom. The van der Waals surface area contributed by atoms with Crippen LogP contribution in [-0.2, 0) is 4.79 Å². The highest BCUT2D eigenvalue weighted by Gasteiger charge is 2.12. The molecule has 1 N–H and O–H groups in total. The van der Waals surface area contributed by atoms with Gasteiger partial charge in [-0.05, 0) is 31.5 Å². The van der Waals surface area contributed by atoms with E-state index in [1.807, 2.05) is 19.1 Å². The molecule has 0 bridgehead atoms. The highest BCUT2D eigenvalue weighted by molar-refractivity contribution is 9.10. The molecule has 1 aromatic heterocycles. The Balaban J connectivity index is 2.35. The van der Waals surface area contributed by atoms with Crippen molar-refractivity contribution < 1.29 is 4.79 Å². The molecule has 2 aromatic rings. The van der Waals surface area contributed by atoms with Crippen LogP contribution in [0.2, 0.25) is 0 Å². The van der Waals surface area contributed by atoms with Crippen LogP contribution in [0.5, 0.6) is 0 Å². The van der Waals surface area contributed by atoms with E-state index in [2.05, 4.69) is 26.2 Å². The minimum atomic E-state index is -0.560. The molecule has 1 atom stereocenters. The summed E-state index contributed by atoms with van der Waals surface area (Å²) in [5.41, 5.74) is 2.01. The number of carbonyl (C=O) groups is 1. The fourth-order valence-electron chi connectivity index (χ4n) is 1.31. The van der Waals surface area contributed by atoms with Gasteiger partial charge in [0.1, 0.15) is 5.38 Å². The number of carbonyl (C=O) groups excluding carboxylic acids is 1. The van der Waals surface area contributed by atoms with Crippen LogP contribution < -0.4 is 5.32 Å². The van der Waals surface area contributed by atoms with Crippen molar-refractivity contribution in [3.63, 3.8) is 0 Å². The van der Waals surface area contributed by atoms with Crippen molar-refractivity contribution in [2.75, 3.05) is 5.32 Å². The van der Waals surface area contributed by atoms with Gasteiger partial charge in [0.15, 0.2) is 5.13 Å². The number of thiazole rings is 1. The smallest absolute Gasteiger partial charge is 0.243 e. The average molecular weight is 334 g/mol. The number of amides is 1. The van der Waals surface area contributed by atoms with E-state index in [1.54, 1.807) is 6.92 Å². The molecular weight excluding hydrogens is 324 g/mol. The summed E-state index contributed by atoms with van der Waals surface area (Å²) in [5.74, 6) is -0.235. The zero-order valence-electron chi connectivity index (χ0n) is 9.25. The van der Waals surface area contributed by atoms with E-state index < -0.39 is 5.38 Å². The standard InChI is InChI=1S/C11H10BrClN2OS/c1-5-3-9-8(4-7(5)12)14-11(17-9)15-10(16)6(2)13/h3-4,6H,1-2H3,(H,14,15,16)/t6-/m1/s1. The molecule has 1 aromatic carbocycles. The van der Waals surface area contributed by atoms with Gasteiger partial charge in [-0.2, -0.15) is 0 Å². The normalized spacial score (nSPS) is 12.7. The van der Waals surface area contributed by atoms with Gasteiger partial charge in [0.25, 0.3) is 0 Å². The van der Waals surface area contributed by atoms with Gasteiger partial charge >= 0.3 is 0 Å². The van der Waals surface area contributed by atoms with Crippen LogP contribution in [0, 0.1) is 6.92 Å². The number of nitrogens with one attached hydrogen (secondary N) is 1. The third-order valence-corrected chi connectivity index (χ3v) is 4.25.